The Kier molecular flexibility index (Phi) is 4.56. The minimum atomic E-state index is -1.06. The maximum atomic E-state index is 12.7. The van der Waals surface area contributed by atoms with Crippen LogP contribution < -0.4 is 5.32 Å². The van der Waals surface area contributed by atoms with Crippen molar-refractivity contribution in [3.05, 3.63) is 76.5 Å². The van der Waals surface area contributed by atoms with Crippen molar-refractivity contribution in [2.75, 3.05) is 0 Å². The molecule has 4 aromatic rings. The van der Waals surface area contributed by atoms with E-state index in [1.165, 1.54) is 11.8 Å². The van der Waals surface area contributed by atoms with Gasteiger partial charge in [-0.2, -0.15) is 0 Å². The van der Waals surface area contributed by atoms with Crippen LogP contribution in [-0.2, 0) is 4.79 Å². The van der Waals surface area contributed by atoms with Crippen molar-refractivity contribution in [1.29, 1.82) is 0 Å². The largest absolute Gasteiger partial charge is 0.481 e. The van der Waals surface area contributed by atoms with Crippen molar-refractivity contribution >= 4 is 62.8 Å². The van der Waals surface area contributed by atoms with Gasteiger partial charge in [0.2, 0.25) is 0 Å². The molecule has 0 saturated carbocycles. The van der Waals surface area contributed by atoms with Crippen molar-refractivity contribution < 1.29 is 23.5 Å². The van der Waals surface area contributed by atoms with Crippen LogP contribution in [-0.4, -0.2) is 22.4 Å². The maximum absolute atomic E-state index is 12.7. The average Bonchev–Trinajstić information content (AvgIpc) is 3.43. The van der Waals surface area contributed by atoms with Gasteiger partial charge in [-0.1, -0.05) is 29.8 Å². The third-order valence-electron chi connectivity index (χ3n) is 4.93. The molecule has 2 unspecified atom stereocenters. The highest BCUT2D eigenvalue weighted by Crippen LogP contribution is 2.42. The molecule has 6 nitrogen and oxygen atoms in total. The molecule has 150 valence electrons. The smallest absolute Gasteiger partial charge is 0.314 e. The molecule has 2 atom stereocenters. The van der Waals surface area contributed by atoms with E-state index in [-0.39, 0.29) is 5.76 Å². The first-order chi connectivity index (χ1) is 14.5. The number of benzene rings is 2. The fraction of sp³-hybridized carbons (Fsp3) is 0.0909. The molecule has 3 heterocycles. The van der Waals surface area contributed by atoms with Crippen LogP contribution in [0.3, 0.4) is 0 Å². The molecule has 0 spiro atoms. The van der Waals surface area contributed by atoms with Crippen LogP contribution >= 0.6 is 23.4 Å². The number of carbonyl (C=O) groups excluding carboxylic acids is 1. The molecule has 30 heavy (non-hydrogen) atoms. The first-order valence-electron chi connectivity index (χ1n) is 9.07. The van der Waals surface area contributed by atoms with E-state index in [0.717, 1.165) is 10.8 Å². The zero-order valence-electron chi connectivity index (χ0n) is 15.3. The Labute approximate surface area is 179 Å². The lowest BCUT2D eigenvalue weighted by Gasteiger charge is -2.18. The monoisotopic (exact) mass is 439 g/mol. The van der Waals surface area contributed by atoms with Gasteiger partial charge >= 0.3 is 5.97 Å². The number of amides is 1. The average molecular weight is 440 g/mol. The fourth-order valence-electron chi connectivity index (χ4n) is 3.50. The van der Waals surface area contributed by atoms with E-state index < -0.39 is 23.2 Å². The fourth-order valence-corrected chi connectivity index (χ4v) is 4.84. The molecule has 1 aliphatic heterocycles. The first-order valence-corrected chi connectivity index (χ1v) is 10.4. The minimum Gasteiger partial charge on any atom is -0.481 e. The number of rotatable bonds is 4. The Morgan fingerprint density at radius 1 is 1.00 bits per heavy atom. The second kappa shape index (κ2) is 7.27. The summed E-state index contributed by atoms with van der Waals surface area (Å²) in [6, 6.07) is 15.9. The van der Waals surface area contributed by atoms with E-state index >= 15 is 0 Å². The highest BCUT2D eigenvalue weighted by Gasteiger charge is 2.40. The molecule has 2 aromatic heterocycles. The van der Waals surface area contributed by atoms with Crippen molar-refractivity contribution in [2.45, 2.75) is 5.37 Å². The van der Waals surface area contributed by atoms with Crippen LogP contribution in [0.15, 0.2) is 68.8 Å². The van der Waals surface area contributed by atoms with Gasteiger partial charge < -0.3 is 19.3 Å². The molecule has 8 heteroatoms. The van der Waals surface area contributed by atoms with E-state index in [0.29, 0.717) is 27.5 Å². The molecule has 1 amide bonds. The van der Waals surface area contributed by atoms with Gasteiger partial charge in [-0.05, 0) is 41.8 Å². The summed E-state index contributed by atoms with van der Waals surface area (Å²) < 4.78 is 11.4. The Morgan fingerprint density at radius 3 is 2.60 bits per heavy atom. The SMILES string of the molecule is O=C(NC1SC=C(c2cc3cc(Cl)ccc3o2)C1C(=O)O)c1cc2ccccc2o1. The van der Waals surface area contributed by atoms with Crippen LogP contribution in [0.1, 0.15) is 16.3 Å². The molecule has 0 bridgehead atoms. The van der Waals surface area contributed by atoms with Gasteiger partial charge in [0.25, 0.3) is 5.91 Å². The highest BCUT2D eigenvalue weighted by atomic mass is 35.5. The first kappa shape index (κ1) is 18.8. The Bertz CT molecular complexity index is 1300. The molecule has 5 rings (SSSR count). The Balaban J connectivity index is 1.41. The summed E-state index contributed by atoms with van der Waals surface area (Å²) in [5.41, 5.74) is 1.70. The lowest BCUT2D eigenvalue weighted by Crippen LogP contribution is -2.39. The van der Waals surface area contributed by atoms with Crippen LogP contribution in [0.2, 0.25) is 5.02 Å². The van der Waals surface area contributed by atoms with Gasteiger partial charge in [0, 0.05) is 21.4 Å². The quantitative estimate of drug-likeness (QED) is 0.443. The number of fused-ring (bicyclic) bond motifs is 2. The number of halogens is 1. The van der Waals surface area contributed by atoms with Crippen molar-refractivity contribution in [2.24, 2.45) is 5.92 Å². The second-order valence-corrected chi connectivity index (χ2v) is 8.31. The van der Waals surface area contributed by atoms with E-state index in [9.17, 15) is 14.7 Å². The number of hydrogen-bond acceptors (Lipinski definition) is 5. The molecular weight excluding hydrogens is 426 g/mol. The predicted molar refractivity (Wildman–Crippen MR) is 115 cm³/mol. The van der Waals surface area contributed by atoms with E-state index in [1.807, 2.05) is 18.2 Å². The van der Waals surface area contributed by atoms with Crippen LogP contribution in [0, 0.1) is 5.92 Å². The molecule has 2 aromatic carbocycles. The Morgan fingerprint density at radius 2 is 1.80 bits per heavy atom. The number of para-hydroxylation sites is 1. The molecule has 0 saturated heterocycles. The number of hydrogen-bond donors (Lipinski definition) is 2. The third-order valence-corrected chi connectivity index (χ3v) is 6.24. The minimum absolute atomic E-state index is 0.132. The van der Waals surface area contributed by atoms with Crippen molar-refractivity contribution in [3.8, 4) is 0 Å². The summed E-state index contributed by atoms with van der Waals surface area (Å²) in [6.07, 6.45) is 0. The lowest BCUT2D eigenvalue weighted by atomic mass is 9.98. The molecular formula is C22H14ClNO5S. The molecule has 1 aliphatic rings. The van der Waals surface area contributed by atoms with Gasteiger partial charge in [0.15, 0.2) is 5.76 Å². The highest BCUT2D eigenvalue weighted by molar-refractivity contribution is 8.03. The number of aliphatic carboxylic acids is 1. The number of carboxylic acids is 1. The van der Waals surface area contributed by atoms with Crippen molar-refractivity contribution in [3.63, 3.8) is 0 Å². The van der Waals surface area contributed by atoms with Crippen molar-refractivity contribution in [1.82, 2.24) is 5.32 Å². The van der Waals surface area contributed by atoms with E-state index in [1.54, 1.807) is 41.8 Å². The van der Waals surface area contributed by atoms with E-state index in [2.05, 4.69) is 5.32 Å². The van der Waals surface area contributed by atoms with Gasteiger partial charge in [-0.25, -0.2) is 0 Å². The van der Waals surface area contributed by atoms with Gasteiger partial charge in [-0.15, -0.1) is 11.8 Å². The topological polar surface area (TPSA) is 92.7 Å². The predicted octanol–water partition coefficient (Wildman–Crippen LogP) is 5.38. The zero-order chi connectivity index (χ0) is 20.8. The van der Waals surface area contributed by atoms with Gasteiger partial charge in [0.05, 0.1) is 5.37 Å². The summed E-state index contributed by atoms with van der Waals surface area (Å²) in [4.78, 5) is 24.7. The van der Waals surface area contributed by atoms with Crippen LogP contribution in [0.5, 0.6) is 0 Å². The standard InChI is InChI=1S/C22H14ClNO5S/c23-13-5-6-16-12(7-13)9-17(28-16)14-10-30-21(19(14)22(26)27)24-20(25)18-8-11-3-1-2-4-15(11)29-18/h1-10,19,21H,(H,24,25)(H,26,27). The third kappa shape index (κ3) is 3.26. The maximum Gasteiger partial charge on any atom is 0.314 e. The lowest BCUT2D eigenvalue weighted by molar-refractivity contribution is -0.139. The summed E-state index contributed by atoms with van der Waals surface area (Å²) in [7, 11) is 0. The number of carboxylic acid groups (broad SMARTS) is 1. The second-order valence-electron chi connectivity index (χ2n) is 6.86. The summed E-state index contributed by atoms with van der Waals surface area (Å²) in [6.45, 7) is 0. The Hall–Kier alpha value is -3.16. The summed E-state index contributed by atoms with van der Waals surface area (Å²) in [5.74, 6) is -1.93. The molecule has 0 aliphatic carbocycles. The van der Waals surface area contributed by atoms with E-state index in [4.69, 9.17) is 20.4 Å². The number of carbonyl (C=O) groups is 2. The number of furan rings is 2. The summed E-state index contributed by atoms with van der Waals surface area (Å²) >= 11 is 7.25. The number of thioether (sulfide) groups is 1. The molecule has 2 N–H and O–H groups in total. The zero-order valence-corrected chi connectivity index (χ0v) is 16.9. The van der Waals surface area contributed by atoms with Gasteiger partial charge in [-0.3, -0.25) is 9.59 Å². The molecule has 0 radical (unpaired) electrons. The summed E-state index contributed by atoms with van der Waals surface area (Å²) in [5, 5.41) is 15.8. The normalized spacial score (nSPS) is 18.6. The van der Waals surface area contributed by atoms with Gasteiger partial charge in [0.1, 0.15) is 22.8 Å². The van der Waals surface area contributed by atoms with Crippen LogP contribution in [0.25, 0.3) is 27.5 Å². The molecule has 0 fully saturated rings. The van der Waals surface area contributed by atoms with Crippen LogP contribution in [0.4, 0.5) is 0 Å². The number of nitrogens with one attached hydrogen (secondary N) is 1.